The van der Waals surface area contributed by atoms with Crippen LogP contribution in [0.3, 0.4) is 0 Å². The van der Waals surface area contributed by atoms with Gasteiger partial charge in [0.1, 0.15) is 0 Å². The van der Waals surface area contributed by atoms with Crippen LogP contribution in [0, 0.1) is 0 Å². The fourth-order valence-electron chi connectivity index (χ4n) is 1.63. The summed E-state index contributed by atoms with van der Waals surface area (Å²) in [6.45, 7) is 1.99. The van der Waals surface area contributed by atoms with E-state index < -0.39 is 10.0 Å². The van der Waals surface area contributed by atoms with Crippen LogP contribution >= 0.6 is 0 Å². The number of rotatable bonds is 7. The zero-order valence-corrected chi connectivity index (χ0v) is 13.1. The highest BCUT2D eigenvalue weighted by Gasteiger charge is 2.06. The number of hydrogen-bond acceptors (Lipinski definition) is 4. The van der Waals surface area contributed by atoms with Gasteiger partial charge in [0.2, 0.25) is 10.0 Å². The first-order valence-corrected chi connectivity index (χ1v) is 8.07. The molecule has 4 N–H and O–H groups in total. The van der Waals surface area contributed by atoms with Gasteiger partial charge in [-0.1, -0.05) is 12.1 Å². The average Bonchev–Trinajstić information content (AvgIpc) is 2.46. The first-order valence-electron chi connectivity index (χ1n) is 6.52. The third-order valence-electron chi connectivity index (χ3n) is 2.75. The van der Waals surface area contributed by atoms with Crippen LogP contribution in [0.15, 0.2) is 34.2 Å². The molecule has 1 rings (SSSR count). The van der Waals surface area contributed by atoms with Crippen molar-refractivity contribution in [2.45, 2.75) is 17.9 Å². The van der Waals surface area contributed by atoms with Crippen molar-refractivity contribution in [1.82, 2.24) is 10.6 Å². The van der Waals surface area contributed by atoms with Crippen LogP contribution < -0.4 is 15.8 Å². The van der Waals surface area contributed by atoms with Gasteiger partial charge in [-0.3, -0.25) is 4.99 Å². The number of aliphatic imine (C=N–C) groups is 1. The molecule has 0 heterocycles. The van der Waals surface area contributed by atoms with Gasteiger partial charge >= 0.3 is 0 Å². The summed E-state index contributed by atoms with van der Waals surface area (Å²) in [6.07, 6.45) is 0.889. The highest BCUT2D eigenvalue weighted by molar-refractivity contribution is 7.89. The number of nitrogens with two attached hydrogens (primary N) is 1. The molecule has 0 unspecified atom stereocenters. The summed E-state index contributed by atoms with van der Waals surface area (Å²) >= 11 is 0. The molecule has 0 atom stereocenters. The largest absolute Gasteiger partial charge is 0.385 e. The number of nitrogens with zero attached hydrogens (tertiary/aromatic N) is 1. The zero-order valence-electron chi connectivity index (χ0n) is 12.3. The minimum absolute atomic E-state index is 0.105. The molecule has 0 spiro atoms. The Morgan fingerprint density at radius 3 is 2.48 bits per heavy atom. The molecular formula is C13H22N4O3S. The summed E-state index contributed by atoms with van der Waals surface area (Å²) in [5.74, 6) is 0.682. The number of ether oxygens (including phenoxy) is 1. The van der Waals surface area contributed by atoms with Crippen molar-refractivity contribution in [2.75, 3.05) is 27.3 Å². The highest BCUT2D eigenvalue weighted by Crippen LogP contribution is 2.08. The molecule has 0 aromatic heterocycles. The van der Waals surface area contributed by atoms with Crippen LogP contribution in [0.1, 0.15) is 12.0 Å². The molecule has 0 saturated carbocycles. The Hall–Kier alpha value is -1.64. The van der Waals surface area contributed by atoms with Gasteiger partial charge in [-0.05, 0) is 24.1 Å². The van der Waals surface area contributed by atoms with Crippen molar-refractivity contribution in [2.24, 2.45) is 10.1 Å². The Morgan fingerprint density at radius 2 is 1.95 bits per heavy atom. The van der Waals surface area contributed by atoms with Crippen molar-refractivity contribution in [3.63, 3.8) is 0 Å². The van der Waals surface area contributed by atoms with Gasteiger partial charge in [-0.15, -0.1) is 0 Å². The van der Waals surface area contributed by atoms with Crippen molar-refractivity contribution in [3.8, 4) is 0 Å². The van der Waals surface area contributed by atoms with Crippen molar-refractivity contribution in [1.29, 1.82) is 0 Å². The molecule has 1 aromatic rings. The Morgan fingerprint density at radius 1 is 1.29 bits per heavy atom. The molecule has 0 aliphatic rings. The molecule has 21 heavy (non-hydrogen) atoms. The molecule has 8 heteroatoms. The van der Waals surface area contributed by atoms with Gasteiger partial charge in [0.15, 0.2) is 5.96 Å². The molecule has 0 aliphatic carbocycles. The van der Waals surface area contributed by atoms with Crippen LogP contribution in [0.5, 0.6) is 0 Å². The van der Waals surface area contributed by atoms with Gasteiger partial charge in [-0.25, -0.2) is 13.6 Å². The molecule has 0 bridgehead atoms. The number of benzene rings is 1. The van der Waals surface area contributed by atoms with Crippen LogP contribution in [-0.2, 0) is 21.3 Å². The van der Waals surface area contributed by atoms with Crippen molar-refractivity contribution >= 4 is 16.0 Å². The van der Waals surface area contributed by atoms with E-state index in [1.165, 1.54) is 12.1 Å². The SMILES string of the molecule is CN=C(NCCCOC)NCc1ccc(S(N)(=O)=O)cc1. The van der Waals surface area contributed by atoms with Gasteiger partial charge in [0.05, 0.1) is 4.90 Å². The second kappa shape index (κ2) is 8.60. The smallest absolute Gasteiger partial charge is 0.238 e. The van der Waals surface area contributed by atoms with Crippen LogP contribution in [-0.4, -0.2) is 41.7 Å². The lowest BCUT2D eigenvalue weighted by molar-refractivity contribution is 0.195. The molecular weight excluding hydrogens is 292 g/mol. The number of methoxy groups -OCH3 is 1. The normalized spacial score (nSPS) is 12.2. The number of primary sulfonamides is 1. The maximum Gasteiger partial charge on any atom is 0.238 e. The molecule has 118 valence electrons. The second-order valence-corrected chi connectivity index (χ2v) is 5.95. The summed E-state index contributed by atoms with van der Waals surface area (Å²) in [6, 6.07) is 6.40. The standard InChI is InChI=1S/C13H22N4O3S/c1-15-13(16-8-3-9-20-2)17-10-11-4-6-12(7-5-11)21(14,18)19/h4-7H,3,8-10H2,1-2H3,(H2,14,18,19)(H2,15,16,17). The van der Waals surface area contributed by atoms with Gasteiger partial charge in [0.25, 0.3) is 0 Å². The lowest BCUT2D eigenvalue weighted by atomic mass is 10.2. The van der Waals surface area contributed by atoms with Crippen LogP contribution in [0.4, 0.5) is 0 Å². The minimum atomic E-state index is -3.64. The van der Waals surface area contributed by atoms with Crippen LogP contribution in [0.2, 0.25) is 0 Å². The molecule has 0 aliphatic heterocycles. The van der Waals surface area contributed by atoms with Crippen LogP contribution in [0.25, 0.3) is 0 Å². The molecule has 0 saturated heterocycles. The fourth-order valence-corrected chi connectivity index (χ4v) is 2.14. The molecule has 7 nitrogen and oxygen atoms in total. The summed E-state index contributed by atoms with van der Waals surface area (Å²) < 4.78 is 27.3. The lowest BCUT2D eigenvalue weighted by Gasteiger charge is -2.12. The Labute approximate surface area is 125 Å². The maximum atomic E-state index is 11.2. The average molecular weight is 314 g/mol. The molecule has 1 aromatic carbocycles. The summed E-state index contributed by atoms with van der Waals surface area (Å²) in [5.41, 5.74) is 0.933. The second-order valence-electron chi connectivity index (χ2n) is 4.39. The molecule has 0 radical (unpaired) electrons. The lowest BCUT2D eigenvalue weighted by Crippen LogP contribution is -2.37. The third kappa shape index (κ3) is 6.56. The third-order valence-corrected chi connectivity index (χ3v) is 3.68. The molecule has 0 fully saturated rings. The number of guanidine groups is 1. The first kappa shape index (κ1) is 17.4. The monoisotopic (exact) mass is 314 g/mol. The topological polar surface area (TPSA) is 106 Å². The van der Waals surface area contributed by atoms with Gasteiger partial charge < -0.3 is 15.4 Å². The number of hydrogen-bond donors (Lipinski definition) is 3. The van der Waals surface area contributed by atoms with Crippen molar-refractivity contribution in [3.05, 3.63) is 29.8 Å². The molecule has 0 amide bonds. The summed E-state index contributed by atoms with van der Waals surface area (Å²) in [4.78, 5) is 4.20. The minimum Gasteiger partial charge on any atom is -0.385 e. The van der Waals surface area contributed by atoms with Crippen molar-refractivity contribution < 1.29 is 13.2 Å². The van der Waals surface area contributed by atoms with E-state index in [1.54, 1.807) is 26.3 Å². The van der Waals surface area contributed by atoms with Gasteiger partial charge in [-0.2, -0.15) is 0 Å². The zero-order chi connectivity index (χ0) is 15.7. The predicted molar refractivity (Wildman–Crippen MR) is 82.5 cm³/mol. The van der Waals surface area contributed by atoms with E-state index in [0.29, 0.717) is 19.1 Å². The summed E-state index contributed by atoms with van der Waals surface area (Å²) in [5, 5.41) is 11.3. The van der Waals surface area contributed by atoms with Gasteiger partial charge in [0, 0.05) is 33.9 Å². The van der Waals surface area contributed by atoms with E-state index in [0.717, 1.165) is 18.5 Å². The predicted octanol–water partition coefficient (Wildman–Crippen LogP) is 0.0355. The highest BCUT2D eigenvalue weighted by atomic mass is 32.2. The number of nitrogens with one attached hydrogen (secondary N) is 2. The van der Waals surface area contributed by atoms with E-state index in [-0.39, 0.29) is 4.90 Å². The Bertz CT molecular complexity index is 555. The number of sulfonamides is 1. The summed E-state index contributed by atoms with van der Waals surface area (Å²) in [7, 11) is -0.286. The first-order chi connectivity index (χ1) is 9.97. The van der Waals surface area contributed by atoms with E-state index >= 15 is 0 Å². The Balaban J connectivity index is 2.46. The maximum absolute atomic E-state index is 11.2. The quantitative estimate of drug-likeness (QED) is 0.374. The Kier molecular flexibility index (Phi) is 7.13. The van der Waals surface area contributed by atoms with E-state index in [1.807, 2.05) is 0 Å². The fraction of sp³-hybridized carbons (Fsp3) is 0.462. The van der Waals surface area contributed by atoms with E-state index in [4.69, 9.17) is 9.88 Å². The van der Waals surface area contributed by atoms with E-state index in [2.05, 4.69) is 15.6 Å². The van der Waals surface area contributed by atoms with E-state index in [9.17, 15) is 8.42 Å².